The zero-order chi connectivity index (χ0) is 17.2. The third-order valence-corrected chi connectivity index (χ3v) is 6.19. The molecule has 0 radical (unpaired) electrons. The first-order valence-corrected chi connectivity index (χ1v) is 10.0. The number of halogens is 1. The fourth-order valence-electron chi connectivity index (χ4n) is 4.63. The Morgan fingerprint density at radius 2 is 1.92 bits per heavy atom. The van der Waals surface area contributed by atoms with Crippen LogP contribution >= 0.6 is 11.6 Å². The van der Waals surface area contributed by atoms with E-state index in [4.69, 9.17) is 11.6 Å². The number of aryl methyl sites for hydroxylation is 1. The number of piperidine rings is 1. The van der Waals surface area contributed by atoms with Crippen molar-refractivity contribution in [3.63, 3.8) is 0 Å². The van der Waals surface area contributed by atoms with E-state index in [-0.39, 0.29) is 5.56 Å². The summed E-state index contributed by atoms with van der Waals surface area (Å²) in [6, 6.07) is 6.70. The molecule has 2 heterocycles. The lowest BCUT2D eigenvalue weighted by molar-refractivity contribution is 0.0880. The van der Waals surface area contributed by atoms with Crippen LogP contribution < -0.4 is 5.56 Å². The van der Waals surface area contributed by atoms with Crippen molar-refractivity contribution in [2.75, 3.05) is 6.54 Å². The molecule has 1 aliphatic carbocycles. The van der Waals surface area contributed by atoms with Gasteiger partial charge >= 0.3 is 0 Å². The van der Waals surface area contributed by atoms with Crippen molar-refractivity contribution in [2.24, 2.45) is 0 Å². The fourth-order valence-corrected chi connectivity index (χ4v) is 4.79. The van der Waals surface area contributed by atoms with Crippen LogP contribution in [0.5, 0.6) is 0 Å². The Hall–Kier alpha value is -1.39. The van der Waals surface area contributed by atoms with E-state index in [1.807, 2.05) is 0 Å². The molecule has 2 aliphatic rings. The molecule has 1 atom stereocenters. The van der Waals surface area contributed by atoms with E-state index in [9.17, 15) is 4.79 Å². The maximum Gasteiger partial charge on any atom is 0.261 e. The molecule has 25 heavy (non-hydrogen) atoms. The standard InChI is InChI=1S/C20H26ClN3O/c21-15-8-9-18-19(13-15)22-14-23(20(18)25)12-10-17-7-3-4-11-24(17)16-5-1-2-6-16/h8-9,13-14,16-17H,1-7,10-12H2. The Labute approximate surface area is 153 Å². The topological polar surface area (TPSA) is 38.1 Å². The zero-order valence-electron chi connectivity index (χ0n) is 14.7. The van der Waals surface area contributed by atoms with Gasteiger partial charge < -0.3 is 0 Å². The van der Waals surface area contributed by atoms with Crippen molar-refractivity contribution in [3.8, 4) is 0 Å². The van der Waals surface area contributed by atoms with Gasteiger partial charge in [-0.3, -0.25) is 14.3 Å². The highest BCUT2D eigenvalue weighted by atomic mass is 35.5. The molecule has 5 heteroatoms. The molecule has 1 saturated heterocycles. The summed E-state index contributed by atoms with van der Waals surface area (Å²) in [6.45, 7) is 1.98. The monoisotopic (exact) mass is 359 g/mol. The van der Waals surface area contributed by atoms with Crippen molar-refractivity contribution in [1.29, 1.82) is 0 Å². The van der Waals surface area contributed by atoms with Crippen LogP contribution in [0.15, 0.2) is 29.3 Å². The second kappa shape index (κ2) is 7.46. The maximum absolute atomic E-state index is 12.7. The molecule has 0 bridgehead atoms. The molecule has 1 aliphatic heterocycles. The minimum atomic E-state index is 0.0462. The molecule has 4 rings (SSSR count). The van der Waals surface area contributed by atoms with Crippen LogP contribution in [0.3, 0.4) is 0 Å². The van der Waals surface area contributed by atoms with Gasteiger partial charge in [0.2, 0.25) is 0 Å². The number of likely N-dealkylation sites (tertiary alicyclic amines) is 1. The van der Waals surface area contributed by atoms with Crippen LogP contribution in [0.1, 0.15) is 51.4 Å². The van der Waals surface area contributed by atoms with Gasteiger partial charge in [-0.2, -0.15) is 0 Å². The average Bonchev–Trinajstić information content (AvgIpc) is 3.16. The number of hydrogen-bond donors (Lipinski definition) is 0. The van der Waals surface area contributed by atoms with Gasteiger partial charge in [0.15, 0.2) is 0 Å². The van der Waals surface area contributed by atoms with Gasteiger partial charge in [-0.25, -0.2) is 4.98 Å². The molecule has 0 N–H and O–H groups in total. The molecule has 1 aromatic carbocycles. The SMILES string of the molecule is O=c1c2ccc(Cl)cc2ncn1CCC1CCCCN1C1CCCC1. The summed E-state index contributed by atoms with van der Waals surface area (Å²) >= 11 is 6.00. The molecule has 2 fully saturated rings. The average molecular weight is 360 g/mol. The smallest absolute Gasteiger partial charge is 0.261 e. The van der Waals surface area contributed by atoms with Crippen LogP contribution in [0.4, 0.5) is 0 Å². The molecule has 0 spiro atoms. The van der Waals surface area contributed by atoms with Crippen LogP contribution in [-0.4, -0.2) is 33.1 Å². The first-order valence-electron chi connectivity index (χ1n) is 9.63. The molecular weight excluding hydrogens is 334 g/mol. The van der Waals surface area contributed by atoms with Crippen LogP contribution in [0, 0.1) is 0 Å². The summed E-state index contributed by atoms with van der Waals surface area (Å²) in [5.41, 5.74) is 0.726. The van der Waals surface area contributed by atoms with Gasteiger partial charge in [-0.1, -0.05) is 30.9 Å². The Kier molecular flexibility index (Phi) is 5.09. The summed E-state index contributed by atoms with van der Waals surface area (Å²) in [4.78, 5) is 19.9. The first kappa shape index (κ1) is 17.0. The molecule has 1 aromatic heterocycles. The Balaban J connectivity index is 1.50. The van der Waals surface area contributed by atoms with Gasteiger partial charge in [-0.15, -0.1) is 0 Å². The summed E-state index contributed by atoms with van der Waals surface area (Å²) in [5.74, 6) is 0. The van der Waals surface area contributed by atoms with Gasteiger partial charge in [-0.05, 0) is 56.8 Å². The third-order valence-electron chi connectivity index (χ3n) is 5.96. The second-order valence-electron chi connectivity index (χ2n) is 7.52. The van der Waals surface area contributed by atoms with E-state index in [0.29, 0.717) is 22.0 Å². The Morgan fingerprint density at radius 1 is 1.12 bits per heavy atom. The highest BCUT2D eigenvalue weighted by Crippen LogP contribution is 2.30. The van der Waals surface area contributed by atoms with Crippen LogP contribution in [-0.2, 0) is 6.54 Å². The number of aromatic nitrogens is 2. The predicted octanol–water partition coefficient (Wildman–Crippen LogP) is 4.24. The second-order valence-corrected chi connectivity index (χ2v) is 7.96. The zero-order valence-corrected chi connectivity index (χ0v) is 15.4. The van der Waals surface area contributed by atoms with E-state index < -0.39 is 0 Å². The van der Waals surface area contributed by atoms with Crippen molar-refractivity contribution in [2.45, 2.75) is 70.0 Å². The maximum atomic E-state index is 12.7. The molecular formula is C20H26ClN3O. The van der Waals surface area contributed by atoms with Gasteiger partial charge in [0.1, 0.15) is 0 Å². The largest absolute Gasteiger partial charge is 0.299 e. The normalized spacial score (nSPS) is 22.7. The molecule has 1 unspecified atom stereocenters. The molecule has 0 amide bonds. The Morgan fingerprint density at radius 3 is 2.76 bits per heavy atom. The molecule has 2 aromatic rings. The number of fused-ring (bicyclic) bond motifs is 1. The van der Waals surface area contributed by atoms with Crippen molar-refractivity contribution in [3.05, 3.63) is 39.9 Å². The van der Waals surface area contributed by atoms with E-state index in [1.165, 1.54) is 51.5 Å². The highest BCUT2D eigenvalue weighted by molar-refractivity contribution is 6.31. The number of hydrogen-bond acceptors (Lipinski definition) is 3. The van der Waals surface area contributed by atoms with Gasteiger partial charge in [0.25, 0.3) is 5.56 Å². The van der Waals surface area contributed by atoms with Gasteiger partial charge in [0.05, 0.1) is 17.2 Å². The minimum Gasteiger partial charge on any atom is -0.299 e. The molecule has 1 saturated carbocycles. The van der Waals surface area contributed by atoms with Crippen molar-refractivity contribution in [1.82, 2.24) is 14.5 Å². The Bertz CT molecular complexity index is 797. The molecule has 134 valence electrons. The summed E-state index contributed by atoms with van der Waals surface area (Å²) in [5, 5.41) is 1.27. The van der Waals surface area contributed by atoms with Crippen molar-refractivity contribution >= 4 is 22.5 Å². The summed E-state index contributed by atoms with van der Waals surface area (Å²) in [7, 11) is 0. The quantitative estimate of drug-likeness (QED) is 0.819. The van der Waals surface area contributed by atoms with Crippen LogP contribution in [0.2, 0.25) is 5.02 Å². The fraction of sp³-hybridized carbons (Fsp3) is 0.600. The van der Waals surface area contributed by atoms with Crippen LogP contribution in [0.25, 0.3) is 10.9 Å². The van der Waals surface area contributed by atoms with E-state index in [0.717, 1.165) is 19.0 Å². The van der Waals surface area contributed by atoms with E-state index >= 15 is 0 Å². The summed E-state index contributed by atoms with van der Waals surface area (Å²) < 4.78 is 1.78. The predicted molar refractivity (Wildman–Crippen MR) is 102 cm³/mol. The minimum absolute atomic E-state index is 0.0462. The van der Waals surface area contributed by atoms with Crippen molar-refractivity contribution < 1.29 is 0 Å². The third kappa shape index (κ3) is 3.61. The van der Waals surface area contributed by atoms with E-state index in [2.05, 4.69) is 9.88 Å². The highest BCUT2D eigenvalue weighted by Gasteiger charge is 2.30. The lowest BCUT2D eigenvalue weighted by Gasteiger charge is -2.40. The first-order chi connectivity index (χ1) is 12.2. The van der Waals surface area contributed by atoms with Gasteiger partial charge in [0, 0.05) is 23.7 Å². The van der Waals surface area contributed by atoms with E-state index in [1.54, 1.807) is 29.1 Å². The molecule has 4 nitrogen and oxygen atoms in total. The number of benzene rings is 1. The number of rotatable bonds is 4. The number of nitrogens with zero attached hydrogens (tertiary/aromatic N) is 3. The summed E-state index contributed by atoms with van der Waals surface area (Å²) in [6.07, 6.45) is 12.1. The lowest BCUT2D eigenvalue weighted by Crippen LogP contribution is -2.45. The lowest BCUT2D eigenvalue weighted by atomic mass is 9.96.